The number of rotatable bonds is 2. The van der Waals surface area contributed by atoms with Crippen molar-refractivity contribution in [2.45, 2.75) is 38.6 Å². The number of nitrogens with zero attached hydrogens (tertiary/aromatic N) is 1. The third-order valence-corrected chi connectivity index (χ3v) is 3.91. The first kappa shape index (κ1) is 8.20. The Morgan fingerprint density at radius 3 is 2.67 bits per heavy atom. The zero-order valence-corrected chi connectivity index (χ0v) is 8.37. The lowest BCUT2D eigenvalue weighted by molar-refractivity contribution is 0.748. The van der Waals surface area contributed by atoms with Gasteiger partial charge >= 0.3 is 0 Å². The predicted molar refractivity (Wildman–Crippen MR) is 51.3 cm³/mol. The molecule has 0 aromatic carbocycles. The normalized spacial score (nSPS) is 19.6. The SMILES string of the molecule is CCc1nc(C)c(C2(N)CC2)s1. The van der Waals surface area contributed by atoms with Crippen LogP contribution in [0.2, 0.25) is 0 Å². The van der Waals surface area contributed by atoms with Gasteiger partial charge in [-0.3, -0.25) is 0 Å². The lowest BCUT2D eigenvalue weighted by Gasteiger charge is -2.04. The van der Waals surface area contributed by atoms with Crippen LogP contribution in [0.25, 0.3) is 0 Å². The van der Waals surface area contributed by atoms with Gasteiger partial charge in [-0.2, -0.15) is 0 Å². The maximum atomic E-state index is 6.11. The quantitative estimate of drug-likeness (QED) is 0.759. The van der Waals surface area contributed by atoms with E-state index in [1.807, 2.05) is 0 Å². The molecule has 1 saturated carbocycles. The van der Waals surface area contributed by atoms with Gasteiger partial charge in [-0.25, -0.2) is 4.98 Å². The molecular weight excluding hydrogens is 168 g/mol. The topological polar surface area (TPSA) is 38.9 Å². The van der Waals surface area contributed by atoms with Crippen LogP contribution >= 0.6 is 11.3 Å². The van der Waals surface area contributed by atoms with Gasteiger partial charge in [0.05, 0.1) is 16.2 Å². The Kier molecular flexibility index (Phi) is 1.73. The number of hydrogen-bond acceptors (Lipinski definition) is 3. The van der Waals surface area contributed by atoms with E-state index in [-0.39, 0.29) is 5.54 Å². The van der Waals surface area contributed by atoms with Crippen LogP contribution in [0.4, 0.5) is 0 Å². The van der Waals surface area contributed by atoms with Crippen molar-refractivity contribution in [2.75, 3.05) is 0 Å². The van der Waals surface area contributed by atoms with Crippen molar-refractivity contribution in [1.82, 2.24) is 4.98 Å². The molecule has 0 aliphatic heterocycles. The van der Waals surface area contributed by atoms with Crippen molar-refractivity contribution in [1.29, 1.82) is 0 Å². The summed E-state index contributed by atoms with van der Waals surface area (Å²) >= 11 is 1.79. The molecule has 0 spiro atoms. The minimum atomic E-state index is 0.00910. The van der Waals surface area contributed by atoms with Crippen molar-refractivity contribution >= 4 is 11.3 Å². The zero-order chi connectivity index (χ0) is 8.77. The van der Waals surface area contributed by atoms with Crippen LogP contribution in [0.1, 0.15) is 35.3 Å². The van der Waals surface area contributed by atoms with Gasteiger partial charge in [0, 0.05) is 4.88 Å². The monoisotopic (exact) mass is 182 g/mol. The number of aryl methyl sites for hydroxylation is 2. The van der Waals surface area contributed by atoms with Crippen LogP contribution in [0, 0.1) is 6.92 Å². The highest BCUT2D eigenvalue weighted by molar-refractivity contribution is 7.12. The second-order valence-electron chi connectivity index (χ2n) is 3.53. The Bertz CT molecular complexity index is 299. The number of hydrogen-bond donors (Lipinski definition) is 1. The first-order valence-corrected chi connectivity index (χ1v) is 5.23. The van der Waals surface area contributed by atoms with E-state index < -0.39 is 0 Å². The summed E-state index contributed by atoms with van der Waals surface area (Å²) in [4.78, 5) is 5.79. The van der Waals surface area contributed by atoms with Crippen LogP contribution in [-0.2, 0) is 12.0 Å². The average Bonchev–Trinajstić information content (AvgIpc) is 2.64. The highest BCUT2D eigenvalue weighted by atomic mass is 32.1. The van der Waals surface area contributed by atoms with Gasteiger partial charge in [0.1, 0.15) is 0 Å². The summed E-state index contributed by atoms with van der Waals surface area (Å²) in [7, 11) is 0. The van der Waals surface area contributed by atoms with E-state index in [1.165, 1.54) is 9.88 Å². The zero-order valence-electron chi connectivity index (χ0n) is 7.55. The minimum absolute atomic E-state index is 0.00910. The summed E-state index contributed by atoms with van der Waals surface area (Å²) in [6.07, 6.45) is 3.31. The largest absolute Gasteiger partial charge is 0.321 e. The molecule has 2 N–H and O–H groups in total. The fourth-order valence-corrected chi connectivity index (χ4v) is 2.59. The molecule has 1 aromatic heterocycles. The second-order valence-corrected chi connectivity index (χ2v) is 4.62. The third-order valence-electron chi connectivity index (χ3n) is 2.38. The van der Waals surface area contributed by atoms with Gasteiger partial charge in [-0.15, -0.1) is 11.3 Å². The Balaban J connectivity index is 2.37. The second kappa shape index (κ2) is 2.54. The number of nitrogens with two attached hydrogens (primary N) is 1. The van der Waals surface area contributed by atoms with Crippen LogP contribution < -0.4 is 5.73 Å². The van der Waals surface area contributed by atoms with Gasteiger partial charge < -0.3 is 5.73 Å². The molecule has 0 atom stereocenters. The highest BCUT2D eigenvalue weighted by Gasteiger charge is 2.42. The Morgan fingerprint density at radius 1 is 1.58 bits per heavy atom. The molecule has 2 rings (SSSR count). The van der Waals surface area contributed by atoms with Crippen molar-refractivity contribution in [3.05, 3.63) is 15.6 Å². The molecule has 0 unspecified atom stereocenters. The fourth-order valence-electron chi connectivity index (χ4n) is 1.43. The molecular formula is C9H14N2S. The maximum Gasteiger partial charge on any atom is 0.0928 e. The molecule has 0 saturated heterocycles. The minimum Gasteiger partial charge on any atom is -0.321 e. The number of thiazole rings is 1. The predicted octanol–water partition coefficient (Wildman–Crippen LogP) is 1.96. The van der Waals surface area contributed by atoms with Gasteiger partial charge in [0.2, 0.25) is 0 Å². The van der Waals surface area contributed by atoms with E-state index in [9.17, 15) is 0 Å². The molecule has 66 valence electrons. The molecule has 2 nitrogen and oxygen atoms in total. The Labute approximate surface area is 76.8 Å². The summed E-state index contributed by atoms with van der Waals surface area (Å²) in [6.45, 7) is 4.20. The molecule has 0 bridgehead atoms. The maximum absolute atomic E-state index is 6.11. The summed E-state index contributed by atoms with van der Waals surface area (Å²) in [6, 6.07) is 0. The fraction of sp³-hybridized carbons (Fsp3) is 0.667. The van der Waals surface area contributed by atoms with E-state index in [2.05, 4.69) is 18.8 Å². The third kappa shape index (κ3) is 1.17. The van der Waals surface area contributed by atoms with Crippen LogP contribution in [0.3, 0.4) is 0 Å². The standard InChI is InChI=1S/C9H14N2S/c1-3-7-11-6(2)8(12-7)9(10)4-5-9/h3-5,10H2,1-2H3. The summed E-state index contributed by atoms with van der Waals surface area (Å²) in [5.74, 6) is 0. The van der Waals surface area contributed by atoms with E-state index in [0.717, 1.165) is 25.0 Å². The van der Waals surface area contributed by atoms with E-state index >= 15 is 0 Å². The lowest BCUT2D eigenvalue weighted by Crippen LogP contribution is -2.18. The molecule has 1 aliphatic carbocycles. The Morgan fingerprint density at radius 2 is 2.25 bits per heavy atom. The summed E-state index contributed by atoms with van der Waals surface area (Å²) in [5.41, 5.74) is 7.27. The Hall–Kier alpha value is -0.410. The van der Waals surface area contributed by atoms with Gasteiger partial charge in [-0.1, -0.05) is 6.92 Å². The molecule has 1 aliphatic rings. The van der Waals surface area contributed by atoms with Crippen LogP contribution in [0.15, 0.2) is 0 Å². The van der Waals surface area contributed by atoms with Crippen molar-refractivity contribution < 1.29 is 0 Å². The van der Waals surface area contributed by atoms with Crippen molar-refractivity contribution in [3.8, 4) is 0 Å². The lowest BCUT2D eigenvalue weighted by atomic mass is 10.2. The summed E-state index contributed by atoms with van der Waals surface area (Å²) in [5, 5.41) is 1.22. The van der Waals surface area contributed by atoms with Crippen LogP contribution in [-0.4, -0.2) is 4.98 Å². The average molecular weight is 182 g/mol. The summed E-state index contributed by atoms with van der Waals surface area (Å²) < 4.78 is 0. The first-order valence-electron chi connectivity index (χ1n) is 4.41. The smallest absolute Gasteiger partial charge is 0.0928 e. The molecule has 1 heterocycles. The van der Waals surface area contributed by atoms with E-state index in [1.54, 1.807) is 11.3 Å². The molecule has 0 amide bonds. The van der Waals surface area contributed by atoms with Crippen molar-refractivity contribution in [3.63, 3.8) is 0 Å². The molecule has 1 fully saturated rings. The molecule has 1 aromatic rings. The van der Waals surface area contributed by atoms with E-state index in [0.29, 0.717) is 0 Å². The highest BCUT2D eigenvalue weighted by Crippen LogP contribution is 2.46. The molecule has 12 heavy (non-hydrogen) atoms. The first-order chi connectivity index (χ1) is 5.65. The van der Waals surface area contributed by atoms with E-state index in [4.69, 9.17) is 5.73 Å². The van der Waals surface area contributed by atoms with Gasteiger partial charge in [0.15, 0.2) is 0 Å². The van der Waals surface area contributed by atoms with Gasteiger partial charge in [-0.05, 0) is 26.2 Å². The van der Waals surface area contributed by atoms with Gasteiger partial charge in [0.25, 0.3) is 0 Å². The number of aromatic nitrogens is 1. The molecule has 0 radical (unpaired) electrons. The van der Waals surface area contributed by atoms with Crippen LogP contribution in [0.5, 0.6) is 0 Å². The molecule has 3 heteroatoms. The van der Waals surface area contributed by atoms with Crippen molar-refractivity contribution in [2.24, 2.45) is 5.73 Å².